The van der Waals surface area contributed by atoms with Gasteiger partial charge in [-0.25, -0.2) is 8.42 Å². The number of sulfonamides is 1. The van der Waals surface area contributed by atoms with E-state index in [0.29, 0.717) is 22.7 Å². The zero-order valence-electron chi connectivity index (χ0n) is 13.4. The summed E-state index contributed by atoms with van der Waals surface area (Å²) in [5.74, 6) is 1.37. The van der Waals surface area contributed by atoms with Crippen LogP contribution in [0.25, 0.3) is 0 Å². The number of hydrogen-bond acceptors (Lipinski definition) is 5. The lowest BCUT2D eigenvalue weighted by molar-refractivity contribution is 0.380. The normalized spacial score (nSPS) is 11.0. The summed E-state index contributed by atoms with van der Waals surface area (Å²) in [7, 11) is 0.644. The van der Waals surface area contributed by atoms with Crippen LogP contribution in [-0.2, 0) is 10.0 Å². The number of benzene rings is 2. The van der Waals surface area contributed by atoms with Crippen molar-refractivity contribution in [2.75, 3.05) is 26.1 Å². The third kappa shape index (κ3) is 3.50. The third-order valence-electron chi connectivity index (χ3n) is 3.36. The van der Waals surface area contributed by atoms with Crippen LogP contribution in [0.2, 0.25) is 0 Å². The monoisotopic (exact) mass is 337 g/mol. The van der Waals surface area contributed by atoms with E-state index in [0.717, 1.165) is 0 Å². The highest BCUT2D eigenvalue weighted by molar-refractivity contribution is 7.92. The van der Waals surface area contributed by atoms with Crippen molar-refractivity contribution in [3.05, 3.63) is 42.0 Å². The van der Waals surface area contributed by atoms with Crippen LogP contribution in [0, 0.1) is 6.92 Å². The smallest absolute Gasteiger partial charge is 0.265 e. The summed E-state index contributed by atoms with van der Waals surface area (Å²) >= 11 is 0. The van der Waals surface area contributed by atoms with Gasteiger partial charge in [-0.1, -0.05) is 6.07 Å². The predicted octanol–water partition coefficient (Wildman–Crippen LogP) is 2.82. The van der Waals surface area contributed by atoms with Crippen molar-refractivity contribution in [1.82, 2.24) is 0 Å². The molecule has 0 amide bonds. The first-order valence-corrected chi connectivity index (χ1v) is 8.29. The van der Waals surface area contributed by atoms with Gasteiger partial charge in [0.05, 0.1) is 27.0 Å². The Labute approximate surface area is 136 Å². The van der Waals surface area contributed by atoms with Gasteiger partial charge >= 0.3 is 0 Å². The summed E-state index contributed by atoms with van der Waals surface area (Å²) in [6.45, 7) is 1.74. The van der Waals surface area contributed by atoms with Gasteiger partial charge in [-0.3, -0.25) is 4.72 Å². The fourth-order valence-electron chi connectivity index (χ4n) is 2.23. The minimum absolute atomic E-state index is 0.0427. The molecular weight excluding hydrogens is 318 g/mol. The highest BCUT2D eigenvalue weighted by Gasteiger charge is 2.23. The summed E-state index contributed by atoms with van der Waals surface area (Å²) in [6.07, 6.45) is 0. The van der Waals surface area contributed by atoms with Gasteiger partial charge in [-0.15, -0.1) is 0 Å². The minimum Gasteiger partial charge on any atom is -0.497 e. The average molecular weight is 337 g/mol. The molecule has 0 fully saturated rings. The van der Waals surface area contributed by atoms with Gasteiger partial charge in [-0.2, -0.15) is 0 Å². The molecule has 0 aliphatic carbocycles. The van der Waals surface area contributed by atoms with Crippen LogP contribution in [0.1, 0.15) is 5.56 Å². The van der Waals surface area contributed by atoms with Gasteiger partial charge in [0.2, 0.25) is 0 Å². The Morgan fingerprint density at radius 3 is 2.30 bits per heavy atom. The van der Waals surface area contributed by atoms with Crippen molar-refractivity contribution >= 4 is 15.7 Å². The van der Waals surface area contributed by atoms with E-state index in [4.69, 9.17) is 14.2 Å². The SMILES string of the molecule is COc1cccc(NS(=O)(=O)c2ccc(OC)c(C)c2OC)c1. The first-order chi connectivity index (χ1) is 10.9. The molecular formula is C16H19NO5S. The van der Waals surface area contributed by atoms with Gasteiger partial charge in [-0.05, 0) is 31.2 Å². The second-order valence-electron chi connectivity index (χ2n) is 4.76. The molecule has 2 aromatic rings. The molecule has 0 saturated heterocycles. The Balaban J connectivity index is 2.45. The number of methoxy groups -OCH3 is 3. The quantitative estimate of drug-likeness (QED) is 0.877. The molecule has 0 aliphatic rings. The van der Waals surface area contributed by atoms with E-state index in [-0.39, 0.29) is 10.6 Å². The van der Waals surface area contributed by atoms with Crippen molar-refractivity contribution in [3.8, 4) is 17.2 Å². The number of nitrogens with one attached hydrogen (secondary N) is 1. The van der Waals surface area contributed by atoms with Crippen LogP contribution in [0.3, 0.4) is 0 Å². The lowest BCUT2D eigenvalue weighted by Crippen LogP contribution is -2.14. The molecule has 0 spiro atoms. The molecule has 0 bridgehead atoms. The Hall–Kier alpha value is -2.41. The van der Waals surface area contributed by atoms with Crippen molar-refractivity contribution in [2.24, 2.45) is 0 Å². The highest BCUT2D eigenvalue weighted by atomic mass is 32.2. The standard InChI is InChI=1S/C16H19NO5S/c1-11-14(21-3)8-9-15(16(11)22-4)23(18,19)17-12-6-5-7-13(10-12)20-2/h5-10,17H,1-4H3. The van der Waals surface area contributed by atoms with E-state index in [1.165, 1.54) is 27.4 Å². The Morgan fingerprint density at radius 2 is 1.70 bits per heavy atom. The summed E-state index contributed by atoms with van der Waals surface area (Å²) in [5, 5.41) is 0. The van der Waals surface area contributed by atoms with Crippen LogP contribution < -0.4 is 18.9 Å². The molecule has 0 heterocycles. The van der Waals surface area contributed by atoms with Crippen LogP contribution >= 0.6 is 0 Å². The molecule has 7 heteroatoms. The molecule has 0 aliphatic heterocycles. The van der Waals surface area contributed by atoms with E-state index in [9.17, 15) is 8.42 Å². The first-order valence-electron chi connectivity index (χ1n) is 6.81. The zero-order chi connectivity index (χ0) is 17.0. The van der Waals surface area contributed by atoms with Crippen LogP contribution in [0.4, 0.5) is 5.69 Å². The molecule has 0 unspecified atom stereocenters. The van der Waals surface area contributed by atoms with Crippen molar-refractivity contribution < 1.29 is 22.6 Å². The predicted molar refractivity (Wildman–Crippen MR) is 88.1 cm³/mol. The second-order valence-corrected chi connectivity index (χ2v) is 6.41. The highest BCUT2D eigenvalue weighted by Crippen LogP contribution is 2.35. The largest absolute Gasteiger partial charge is 0.497 e. The molecule has 6 nitrogen and oxygen atoms in total. The summed E-state index contributed by atoms with van der Waals surface area (Å²) in [5.41, 5.74) is 1.02. The maximum absolute atomic E-state index is 12.7. The van der Waals surface area contributed by atoms with E-state index >= 15 is 0 Å². The molecule has 2 rings (SSSR count). The zero-order valence-corrected chi connectivity index (χ0v) is 14.2. The van der Waals surface area contributed by atoms with Gasteiger partial charge in [0, 0.05) is 11.6 Å². The average Bonchev–Trinajstić information content (AvgIpc) is 2.54. The molecule has 0 radical (unpaired) electrons. The topological polar surface area (TPSA) is 73.9 Å². The van der Waals surface area contributed by atoms with Crippen LogP contribution in [0.15, 0.2) is 41.3 Å². The van der Waals surface area contributed by atoms with Gasteiger partial charge in [0.25, 0.3) is 10.0 Å². The van der Waals surface area contributed by atoms with Crippen LogP contribution in [0.5, 0.6) is 17.2 Å². The van der Waals surface area contributed by atoms with E-state index in [1.54, 1.807) is 37.3 Å². The lowest BCUT2D eigenvalue weighted by Gasteiger charge is -2.15. The first kappa shape index (κ1) is 17.0. The van der Waals surface area contributed by atoms with E-state index in [1.807, 2.05) is 0 Å². The summed E-state index contributed by atoms with van der Waals surface area (Å²) in [4.78, 5) is 0.0427. The number of ether oxygens (including phenoxy) is 3. The Morgan fingerprint density at radius 1 is 0.957 bits per heavy atom. The summed E-state index contributed by atoms with van der Waals surface area (Å²) in [6, 6.07) is 9.72. The second kappa shape index (κ2) is 6.78. The van der Waals surface area contributed by atoms with Gasteiger partial charge < -0.3 is 14.2 Å². The van der Waals surface area contributed by atoms with Crippen LogP contribution in [-0.4, -0.2) is 29.7 Å². The maximum atomic E-state index is 12.7. The van der Waals surface area contributed by atoms with Crippen molar-refractivity contribution in [2.45, 2.75) is 11.8 Å². The lowest BCUT2D eigenvalue weighted by atomic mass is 10.2. The number of anilines is 1. The Kier molecular flexibility index (Phi) is 5.00. The molecule has 124 valence electrons. The summed E-state index contributed by atoms with van der Waals surface area (Å²) < 4.78 is 43.4. The van der Waals surface area contributed by atoms with E-state index in [2.05, 4.69) is 4.72 Å². The number of hydrogen-bond donors (Lipinski definition) is 1. The molecule has 0 aromatic heterocycles. The van der Waals surface area contributed by atoms with Gasteiger partial charge in [0.1, 0.15) is 22.1 Å². The minimum atomic E-state index is -3.81. The molecule has 0 atom stereocenters. The number of rotatable bonds is 6. The Bertz CT molecular complexity index is 802. The van der Waals surface area contributed by atoms with Crippen molar-refractivity contribution in [1.29, 1.82) is 0 Å². The van der Waals surface area contributed by atoms with Gasteiger partial charge in [0.15, 0.2) is 0 Å². The fourth-order valence-corrected chi connectivity index (χ4v) is 3.51. The van der Waals surface area contributed by atoms with Crippen molar-refractivity contribution in [3.63, 3.8) is 0 Å². The molecule has 2 aromatic carbocycles. The van der Waals surface area contributed by atoms with E-state index < -0.39 is 10.0 Å². The maximum Gasteiger partial charge on any atom is 0.265 e. The molecule has 23 heavy (non-hydrogen) atoms. The molecule has 1 N–H and O–H groups in total. The molecule has 0 saturated carbocycles. The fraction of sp³-hybridized carbons (Fsp3) is 0.250. The third-order valence-corrected chi connectivity index (χ3v) is 4.76.